The van der Waals surface area contributed by atoms with Crippen LogP contribution in [0.1, 0.15) is 28.8 Å². The van der Waals surface area contributed by atoms with E-state index in [1.807, 2.05) is 23.1 Å². The molecule has 0 bridgehead atoms. The van der Waals surface area contributed by atoms with Crippen molar-refractivity contribution in [3.63, 3.8) is 0 Å². The number of hydrogen-bond donors (Lipinski definition) is 0. The minimum atomic E-state index is 0.0263. The Balaban J connectivity index is 1.85. The molecule has 2 aromatic carbocycles. The van der Waals surface area contributed by atoms with Crippen LogP contribution in [-0.2, 0) is 6.54 Å². The highest BCUT2D eigenvalue weighted by Gasteiger charge is 2.33. The summed E-state index contributed by atoms with van der Waals surface area (Å²) in [7, 11) is 3.16. The largest absolute Gasteiger partial charge is 0.493 e. The van der Waals surface area contributed by atoms with Gasteiger partial charge in [0.25, 0.3) is 5.91 Å². The van der Waals surface area contributed by atoms with Gasteiger partial charge in [0.1, 0.15) is 0 Å². The number of carbonyl (C=O) groups excluding carboxylic acids is 1. The molecule has 2 aromatic rings. The zero-order valence-electron chi connectivity index (χ0n) is 13.8. The van der Waals surface area contributed by atoms with Crippen LogP contribution in [0.15, 0.2) is 46.9 Å². The molecule has 0 spiro atoms. The molecule has 0 radical (unpaired) electrons. The van der Waals surface area contributed by atoms with Crippen LogP contribution in [-0.4, -0.2) is 31.1 Å². The standard InChI is InChI=1S/C19H20BrNO3/c1-23-17-9-6-14(11-18(17)24-2)19(22)21(16-7-8-16)12-13-4-3-5-15(20)10-13/h3-6,9-11,16H,7-8,12H2,1-2H3. The number of halogens is 1. The molecular formula is C19H20BrNO3. The Morgan fingerprint density at radius 2 is 1.88 bits per heavy atom. The van der Waals surface area contributed by atoms with Crippen LogP contribution in [0.5, 0.6) is 11.5 Å². The first-order chi connectivity index (χ1) is 11.6. The molecule has 0 saturated heterocycles. The molecule has 3 rings (SSSR count). The molecule has 1 saturated carbocycles. The smallest absolute Gasteiger partial charge is 0.254 e. The second-order valence-corrected chi connectivity index (χ2v) is 6.78. The maximum atomic E-state index is 13.0. The van der Waals surface area contributed by atoms with E-state index in [1.165, 1.54) is 0 Å². The van der Waals surface area contributed by atoms with Crippen molar-refractivity contribution in [2.45, 2.75) is 25.4 Å². The fourth-order valence-electron chi connectivity index (χ4n) is 2.72. The minimum Gasteiger partial charge on any atom is -0.493 e. The summed E-state index contributed by atoms with van der Waals surface area (Å²) >= 11 is 3.49. The highest BCUT2D eigenvalue weighted by Crippen LogP contribution is 2.32. The normalized spacial score (nSPS) is 13.5. The number of methoxy groups -OCH3 is 2. The first kappa shape index (κ1) is 16.8. The lowest BCUT2D eigenvalue weighted by Crippen LogP contribution is -2.32. The quantitative estimate of drug-likeness (QED) is 0.740. The number of amides is 1. The summed E-state index contributed by atoms with van der Waals surface area (Å²) in [4.78, 5) is 14.9. The Morgan fingerprint density at radius 1 is 1.12 bits per heavy atom. The number of nitrogens with zero attached hydrogens (tertiary/aromatic N) is 1. The lowest BCUT2D eigenvalue weighted by molar-refractivity contribution is 0.0729. The van der Waals surface area contributed by atoms with Gasteiger partial charge in [-0.3, -0.25) is 4.79 Å². The van der Waals surface area contributed by atoms with Crippen molar-refractivity contribution in [3.8, 4) is 11.5 Å². The first-order valence-corrected chi connectivity index (χ1v) is 8.69. The van der Waals surface area contributed by atoms with Gasteiger partial charge in [-0.2, -0.15) is 0 Å². The lowest BCUT2D eigenvalue weighted by Gasteiger charge is -2.23. The van der Waals surface area contributed by atoms with Gasteiger partial charge in [-0.25, -0.2) is 0 Å². The molecule has 1 aliphatic rings. The molecule has 4 nitrogen and oxygen atoms in total. The van der Waals surface area contributed by atoms with Crippen molar-refractivity contribution in [3.05, 3.63) is 58.1 Å². The third-order valence-electron chi connectivity index (χ3n) is 4.12. The van der Waals surface area contributed by atoms with E-state index in [0.29, 0.717) is 29.6 Å². The Kier molecular flexibility index (Phi) is 5.09. The first-order valence-electron chi connectivity index (χ1n) is 7.90. The van der Waals surface area contributed by atoms with E-state index in [2.05, 4.69) is 22.0 Å². The van der Waals surface area contributed by atoms with Gasteiger partial charge in [-0.15, -0.1) is 0 Å². The van der Waals surface area contributed by atoms with Crippen LogP contribution in [0.25, 0.3) is 0 Å². The topological polar surface area (TPSA) is 38.8 Å². The second kappa shape index (κ2) is 7.26. The molecule has 24 heavy (non-hydrogen) atoms. The molecule has 5 heteroatoms. The van der Waals surface area contributed by atoms with E-state index in [1.54, 1.807) is 32.4 Å². The zero-order chi connectivity index (χ0) is 17.1. The van der Waals surface area contributed by atoms with E-state index in [4.69, 9.17) is 9.47 Å². The van der Waals surface area contributed by atoms with Crippen molar-refractivity contribution in [1.82, 2.24) is 4.90 Å². The number of carbonyl (C=O) groups is 1. The Bertz CT molecular complexity index is 743. The van der Waals surface area contributed by atoms with Gasteiger partial charge in [0.2, 0.25) is 0 Å². The molecule has 0 heterocycles. The molecule has 0 atom stereocenters. The van der Waals surface area contributed by atoms with E-state index < -0.39 is 0 Å². The van der Waals surface area contributed by atoms with Gasteiger partial charge in [0.15, 0.2) is 11.5 Å². The Labute approximate surface area is 150 Å². The average molecular weight is 390 g/mol. The van der Waals surface area contributed by atoms with Gasteiger partial charge in [0.05, 0.1) is 14.2 Å². The molecule has 1 fully saturated rings. The molecule has 0 aromatic heterocycles. The summed E-state index contributed by atoms with van der Waals surface area (Å²) in [6.07, 6.45) is 2.13. The lowest BCUT2D eigenvalue weighted by atomic mass is 10.1. The van der Waals surface area contributed by atoms with Crippen LogP contribution in [0.4, 0.5) is 0 Å². The minimum absolute atomic E-state index is 0.0263. The molecular weight excluding hydrogens is 370 g/mol. The maximum Gasteiger partial charge on any atom is 0.254 e. The monoisotopic (exact) mass is 389 g/mol. The van der Waals surface area contributed by atoms with Crippen molar-refractivity contribution in [2.75, 3.05) is 14.2 Å². The van der Waals surface area contributed by atoms with Crippen molar-refractivity contribution >= 4 is 21.8 Å². The van der Waals surface area contributed by atoms with Crippen LogP contribution < -0.4 is 9.47 Å². The molecule has 1 amide bonds. The SMILES string of the molecule is COc1ccc(C(=O)N(Cc2cccc(Br)c2)C2CC2)cc1OC. The van der Waals surface area contributed by atoms with E-state index in [-0.39, 0.29) is 5.91 Å². The second-order valence-electron chi connectivity index (χ2n) is 5.86. The van der Waals surface area contributed by atoms with Crippen LogP contribution in [0.2, 0.25) is 0 Å². The predicted molar refractivity (Wildman–Crippen MR) is 96.6 cm³/mol. The summed E-state index contributed by atoms with van der Waals surface area (Å²) in [6.45, 7) is 0.608. The van der Waals surface area contributed by atoms with Crippen LogP contribution >= 0.6 is 15.9 Å². The Hall–Kier alpha value is -2.01. The summed E-state index contributed by atoms with van der Waals surface area (Å²) in [6, 6.07) is 13.7. The van der Waals surface area contributed by atoms with Gasteiger partial charge < -0.3 is 14.4 Å². The van der Waals surface area contributed by atoms with Gasteiger partial charge in [-0.05, 0) is 48.7 Å². The van der Waals surface area contributed by atoms with Crippen LogP contribution in [0, 0.1) is 0 Å². The molecule has 126 valence electrons. The Morgan fingerprint density at radius 3 is 2.50 bits per heavy atom. The fourth-order valence-corrected chi connectivity index (χ4v) is 3.17. The van der Waals surface area contributed by atoms with E-state index >= 15 is 0 Å². The van der Waals surface area contributed by atoms with Crippen molar-refractivity contribution in [1.29, 1.82) is 0 Å². The van der Waals surface area contributed by atoms with Crippen molar-refractivity contribution in [2.24, 2.45) is 0 Å². The molecule has 0 aliphatic heterocycles. The highest BCUT2D eigenvalue weighted by atomic mass is 79.9. The summed E-state index contributed by atoms with van der Waals surface area (Å²) < 4.78 is 11.6. The van der Waals surface area contributed by atoms with Gasteiger partial charge in [-0.1, -0.05) is 28.1 Å². The number of benzene rings is 2. The van der Waals surface area contributed by atoms with Crippen molar-refractivity contribution < 1.29 is 14.3 Å². The van der Waals surface area contributed by atoms with E-state index in [0.717, 1.165) is 22.9 Å². The van der Waals surface area contributed by atoms with Gasteiger partial charge in [0, 0.05) is 22.6 Å². The number of rotatable bonds is 6. The summed E-state index contributed by atoms with van der Waals surface area (Å²) in [5.74, 6) is 1.22. The third kappa shape index (κ3) is 3.73. The van der Waals surface area contributed by atoms with Crippen LogP contribution in [0.3, 0.4) is 0 Å². The predicted octanol–water partition coefficient (Wildman–Crippen LogP) is 4.27. The summed E-state index contributed by atoms with van der Waals surface area (Å²) in [5, 5.41) is 0. The highest BCUT2D eigenvalue weighted by molar-refractivity contribution is 9.10. The molecule has 0 unspecified atom stereocenters. The number of hydrogen-bond acceptors (Lipinski definition) is 3. The average Bonchev–Trinajstić information content (AvgIpc) is 3.43. The van der Waals surface area contributed by atoms with E-state index in [9.17, 15) is 4.79 Å². The maximum absolute atomic E-state index is 13.0. The third-order valence-corrected chi connectivity index (χ3v) is 4.61. The number of ether oxygens (including phenoxy) is 2. The zero-order valence-corrected chi connectivity index (χ0v) is 15.4. The molecule has 1 aliphatic carbocycles. The molecule has 0 N–H and O–H groups in total. The fraction of sp³-hybridized carbons (Fsp3) is 0.316. The summed E-state index contributed by atoms with van der Waals surface area (Å²) in [5.41, 5.74) is 1.74. The van der Waals surface area contributed by atoms with Gasteiger partial charge >= 0.3 is 0 Å².